The molecule has 1 aliphatic heterocycles. The lowest BCUT2D eigenvalue weighted by Crippen LogP contribution is -2.25. The first-order valence-corrected chi connectivity index (χ1v) is 6.12. The van der Waals surface area contributed by atoms with Gasteiger partial charge in [0, 0.05) is 13.0 Å². The van der Waals surface area contributed by atoms with Crippen LogP contribution < -0.4 is 5.32 Å². The predicted octanol–water partition coefficient (Wildman–Crippen LogP) is 0.00200. The summed E-state index contributed by atoms with van der Waals surface area (Å²) in [6, 6.07) is 0.346. The maximum Gasteiger partial charge on any atom is 0.306 e. The quantitative estimate of drug-likeness (QED) is 0.755. The minimum atomic E-state index is -0.701. The summed E-state index contributed by atoms with van der Waals surface area (Å²) >= 11 is 0. The highest BCUT2D eigenvalue weighted by atomic mass is 16.4. The van der Waals surface area contributed by atoms with Gasteiger partial charge in [-0.25, -0.2) is 4.68 Å². The summed E-state index contributed by atoms with van der Waals surface area (Å²) in [6.45, 7) is 1.91. The van der Waals surface area contributed by atoms with E-state index in [0.717, 1.165) is 37.3 Å². The van der Waals surface area contributed by atoms with Gasteiger partial charge >= 0.3 is 5.97 Å². The molecule has 1 fully saturated rings. The lowest BCUT2D eigenvalue weighted by Gasteiger charge is -2.20. The van der Waals surface area contributed by atoms with Gasteiger partial charge in [0.25, 0.3) is 0 Å². The molecule has 0 spiro atoms. The Hall–Kier alpha value is -1.43. The van der Waals surface area contributed by atoms with Gasteiger partial charge in [0.15, 0.2) is 0 Å². The van der Waals surface area contributed by atoms with Crippen LogP contribution in [0.1, 0.15) is 30.3 Å². The minimum absolute atomic E-state index is 0.269. The number of aryl methyl sites for hydroxylation is 1. The predicted molar refractivity (Wildman–Crippen MR) is 59.7 cm³/mol. The first-order chi connectivity index (χ1) is 8.25. The zero-order chi connectivity index (χ0) is 11.8. The molecule has 1 aromatic heterocycles. The molecule has 92 valence electrons. The van der Waals surface area contributed by atoms with Crippen LogP contribution in [0.3, 0.4) is 0 Å². The van der Waals surface area contributed by atoms with E-state index >= 15 is 0 Å². The number of carboxylic acids is 1. The van der Waals surface area contributed by atoms with E-state index in [4.69, 9.17) is 5.11 Å². The molecule has 0 amide bonds. The van der Waals surface area contributed by atoms with Crippen molar-refractivity contribution in [3.8, 4) is 0 Å². The Balaban J connectivity index is 1.88. The number of rotatable bonds is 2. The highest BCUT2D eigenvalue weighted by Crippen LogP contribution is 2.27. The average Bonchev–Trinajstić information content (AvgIpc) is 2.96. The Morgan fingerprint density at radius 2 is 2.35 bits per heavy atom. The highest BCUT2D eigenvalue weighted by Gasteiger charge is 2.31. The van der Waals surface area contributed by atoms with E-state index in [-0.39, 0.29) is 5.92 Å². The normalized spacial score (nSPS) is 28.0. The van der Waals surface area contributed by atoms with Crippen molar-refractivity contribution in [3.63, 3.8) is 0 Å². The molecule has 2 atom stereocenters. The van der Waals surface area contributed by atoms with Crippen LogP contribution in [0.5, 0.6) is 0 Å². The summed E-state index contributed by atoms with van der Waals surface area (Å²) < 4.78 is 1.95. The molecule has 2 unspecified atom stereocenters. The van der Waals surface area contributed by atoms with E-state index in [9.17, 15) is 4.79 Å². The number of aliphatic carboxylic acids is 1. The Morgan fingerprint density at radius 1 is 1.47 bits per heavy atom. The largest absolute Gasteiger partial charge is 0.481 e. The van der Waals surface area contributed by atoms with E-state index in [1.54, 1.807) is 0 Å². The van der Waals surface area contributed by atoms with Crippen LogP contribution in [0.2, 0.25) is 0 Å². The van der Waals surface area contributed by atoms with Crippen LogP contribution >= 0.6 is 0 Å². The van der Waals surface area contributed by atoms with Crippen molar-refractivity contribution >= 4 is 5.97 Å². The van der Waals surface area contributed by atoms with Crippen LogP contribution in [0.25, 0.3) is 0 Å². The van der Waals surface area contributed by atoms with E-state index in [1.165, 1.54) is 0 Å². The lowest BCUT2D eigenvalue weighted by atomic mass is 9.89. The Kier molecular flexibility index (Phi) is 2.58. The monoisotopic (exact) mass is 236 g/mol. The number of nitrogens with zero attached hydrogens (tertiary/aromatic N) is 3. The smallest absolute Gasteiger partial charge is 0.306 e. The van der Waals surface area contributed by atoms with Crippen molar-refractivity contribution in [2.45, 2.75) is 31.7 Å². The molecule has 0 aromatic carbocycles. The second kappa shape index (κ2) is 4.10. The Bertz CT molecular complexity index is 437. The standard InChI is InChI=1S/C11H16N4O2/c16-11(17)7-1-2-9-10(5-7)15(14-13-9)8-3-4-12-6-8/h7-8,12H,1-6H2,(H,16,17). The van der Waals surface area contributed by atoms with Crippen molar-refractivity contribution in [3.05, 3.63) is 11.4 Å². The molecule has 0 bridgehead atoms. The summed E-state index contributed by atoms with van der Waals surface area (Å²) in [6.07, 6.45) is 3.05. The fraction of sp³-hybridized carbons (Fsp3) is 0.727. The molecule has 2 aliphatic rings. The summed E-state index contributed by atoms with van der Waals surface area (Å²) in [5.41, 5.74) is 2.03. The molecule has 0 saturated carbocycles. The first-order valence-electron chi connectivity index (χ1n) is 6.12. The number of carbonyl (C=O) groups is 1. The van der Waals surface area contributed by atoms with Gasteiger partial charge in [0.1, 0.15) is 0 Å². The fourth-order valence-electron chi connectivity index (χ4n) is 2.75. The highest BCUT2D eigenvalue weighted by molar-refractivity contribution is 5.70. The van der Waals surface area contributed by atoms with Gasteiger partial charge in [0.2, 0.25) is 0 Å². The van der Waals surface area contributed by atoms with E-state index < -0.39 is 5.97 Å². The van der Waals surface area contributed by atoms with Crippen LogP contribution in [-0.2, 0) is 17.6 Å². The number of carboxylic acid groups (broad SMARTS) is 1. The average molecular weight is 236 g/mol. The summed E-state index contributed by atoms with van der Waals surface area (Å²) in [5, 5.41) is 20.8. The maximum absolute atomic E-state index is 11.1. The van der Waals surface area contributed by atoms with Gasteiger partial charge in [-0.05, 0) is 25.8 Å². The fourth-order valence-corrected chi connectivity index (χ4v) is 2.75. The van der Waals surface area contributed by atoms with E-state index in [1.807, 2.05) is 4.68 Å². The number of hydrogen-bond acceptors (Lipinski definition) is 4. The van der Waals surface area contributed by atoms with Crippen LogP contribution in [0, 0.1) is 5.92 Å². The summed E-state index contributed by atoms with van der Waals surface area (Å²) in [7, 11) is 0. The topological polar surface area (TPSA) is 80.0 Å². The van der Waals surface area contributed by atoms with Gasteiger partial charge < -0.3 is 10.4 Å². The third-order valence-corrected chi connectivity index (χ3v) is 3.77. The van der Waals surface area contributed by atoms with E-state index in [2.05, 4.69) is 15.6 Å². The Labute approximate surface area is 99.0 Å². The van der Waals surface area contributed by atoms with Gasteiger partial charge in [-0.1, -0.05) is 5.21 Å². The zero-order valence-electron chi connectivity index (χ0n) is 9.59. The van der Waals surface area contributed by atoms with Crippen molar-refractivity contribution in [2.75, 3.05) is 13.1 Å². The van der Waals surface area contributed by atoms with Crippen molar-refractivity contribution in [1.29, 1.82) is 0 Å². The summed E-state index contributed by atoms with van der Waals surface area (Å²) in [5.74, 6) is -0.970. The van der Waals surface area contributed by atoms with Gasteiger partial charge in [0.05, 0.1) is 23.3 Å². The molecule has 2 N–H and O–H groups in total. The number of aromatic nitrogens is 3. The number of fused-ring (bicyclic) bond motifs is 1. The van der Waals surface area contributed by atoms with Crippen molar-refractivity contribution in [1.82, 2.24) is 20.3 Å². The lowest BCUT2D eigenvalue weighted by molar-refractivity contribution is -0.142. The molecule has 17 heavy (non-hydrogen) atoms. The summed E-state index contributed by atoms with van der Waals surface area (Å²) in [4.78, 5) is 11.1. The molecule has 3 rings (SSSR count). The second-order valence-electron chi connectivity index (χ2n) is 4.85. The first kappa shape index (κ1) is 10.7. The Morgan fingerprint density at radius 3 is 3.06 bits per heavy atom. The van der Waals surface area contributed by atoms with Gasteiger partial charge in [-0.3, -0.25) is 4.79 Å². The number of hydrogen-bond donors (Lipinski definition) is 2. The molecule has 1 aromatic rings. The van der Waals surface area contributed by atoms with Gasteiger partial charge in [-0.2, -0.15) is 0 Å². The third-order valence-electron chi connectivity index (χ3n) is 3.77. The van der Waals surface area contributed by atoms with E-state index in [0.29, 0.717) is 18.9 Å². The molecule has 1 aliphatic carbocycles. The third kappa shape index (κ3) is 1.82. The maximum atomic E-state index is 11.1. The van der Waals surface area contributed by atoms with Crippen molar-refractivity contribution < 1.29 is 9.90 Å². The molecular formula is C11H16N4O2. The second-order valence-corrected chi connectivity index (χ2v) is 4.85. The molecular weight excluding hydrogens is 220 g/mol. The van der Waals surface area contributed by atoms with Crippen molar-refractivity contribution in [2.24, 2.45) is 5.92 Å². The zero-order valence-corrected chi connectivity index (χ0v) is 9.59. The molecule has 6 heteroatoms. The number of nitrogens with one attached hydrogen (secondary N) is 1. The minimum Gasteiger partial charge on any atom is -0.481 e. The molecule has 2 heterocycles. The van der Waals surface area contributed by atoms with Crippen LogP contribution in [-0.4, -0.2) is 39.2 Å². The molecule has 6 nitrogen and oxygen atoms in total. The molecule has 0 radical (unpaired) electrons. The SMILES string of the molecule is O=C(O)C1CCc2nnn(C3CCNC3)c2C1. The van der Waals surface area contributed by atoms with Gasteiger partial charge in [-0.15, -0.1) is 5.10 Å². The van der Waals surface area contributed by atoms with Crippen LogP contribution in [0.4, 0.5) is 0 Å². The molecule has 1 saturated heterocycles. The van der Waals surface area contributed by atoms with Crippen LogP contribution in [0.15, 0.2) is 0 Å².